The van der Waals surface area contributed by atoms with Crippen LogP contribution in [0.15, 0.2) is 0 Å². The lowest BCUT2D eigenvalue weighted by molar-refractivity contribution is -0.151. The second kappa shape index (κ2) is 7.62. The predicted molar refractivity (Wildman–Crippen MR) is 78.2 cm³/mol. The predicted octanol–water partition coefficient (Wildman–Crippen LogP) is 1.85. The zero-order chi connectivity index (χ0) is 15.2. The summed E-state index contributed by atoms with van der Waals surface area (Å²) in [6.07, 6.45) is 5.06. The highest BCUT2D eigenvalue weighted by Crippen LogP contribution is 2.38. The van der Waals surface area contributed by atoms with Crippen LogP contribution in [0.1, 0.15) is 52.4 Å². The topological polar surface area (TPSA) is 83.6 Å². The van der Waals surface area contributed by atoms with Gasteiger partial charge in [0.1, 0.15) is 0 Å². The number of nitrogens with zero attached hydrogens (tertiary/aromatic N) is 1. The molecule has 116 valence electrons. The van der Waals surface area contributed by atoms with E-state index in [1.54, 1.807) is 4.90 Å². The monoisotopic (exact) mass is 284 g/mol. The van der Waals surface area contributed by atoms with E-state index in [-0.39, 0.29) is 11.8 Å². The zero-order valence-corrected chi connectivity index (χ0v) is 12.7. The van der Waals surface area contributed by atoms with Crippen LogP contribution >= 0.6 is 0 Å². The number of unbranched alkanes of at least 4 members (excludes halogenated alkanes) is 3. The third-order valence-electron chi connectivity index (χ3n) is 4.53. The third-order valence-corrected chi connectivity index (χ3v) is 4.53. The fraction of sp³-hybridized carbons (Fsp3) is 0.867. The molecule has 1 fully saturated rings. The number of nitrogens with two attached hydrogens (primary N) is 1. The number of hydrogen-bond acceptors (Lipinski definition) is 3. The SMILES string of the molecule is CC(C)C1(C(=O)O)CCN(C(=O)CCCCCCN)C1. The van der Waals surface area contributed by atoms with Gasteiger partial charge in [0.05, 0.1) is 5.41 Å². The molecule has 0 aromatic rings. The van der Waals surface area contributed by atoms with E-state index in [4.69, 9.17) is 5.73 Å². The van der Waals surface area contributed by atoms with Gasteiger partial charge < -0.3 is 15.7 Å². The molecule has 1 aliphatic rings. The van der Waals surface area contributed by atoms with E-state index in [9.17, 15) is 14.7 Å². The van der Waals surface area contributed by atoms with Crippen LogP contribution in [-0.2, 0) is 9.59 Å². The number of aliphatic carboxylic acids is 1. The average Bonchev–Trinajstić information content (AvgIpc) is 2.84. The Morgan fingerprint density at radius 1 is 1.25 bits per heavy atom. The van der Waals surface area contributed by atoms with Gasteiger partial charge >= 0.3 is 5.97 Å². The molecule has 5 nitrogen and oxygen atoms in total. The van der Waals surface area contributed by atoms with E-state index in [0.29, 0.717) is 32.5 Å². The van der Waals surface area contributed by atoms with Gasteiger partial charge in [-0.15, -0.1) is 0 Å². The van der Waals surface area contributed by atoms with E-state index in [2.05, 4.69) is 0 Å². The van der Waals surface area contributed by atoms with Crippen molar-refractivity contribution in [3.8, 4) is 0 Å². The number of carbonyl (C=O) groups excluding carboxylic acids is 1. The lowest BCUT2D eigenvalue weighted by Crippen LogP contribution is -2.40. The third kappa shape index (κ3) is 3.95. The highest BCUT2D eigenvalue weighted by molar-refractivity contribution is 5.80. The summed E-state index contributed by atoms with van der Waals surface area (Å²) in [5.74, 6) is -0.630. The maximum Gasteiger partial charge on any atom is 0.311 e. The van der Waals surface area contributed by atoms with Gasteiger partial charge in [0.15, 0.2) is 0 Å². The van der Waals surface area contributed by atoms with Crippen LogP contribution in [-0.4, -0.2) is 41.5 Å². The molecule has 0 aromatic carbocycles. The minimum atomic E-state index is -0.772. The quantitative estimate of drug-likeness (QED) is 0.666. The first-order valence-electron chi connectivity index (χ1n) is 7.65. The molecule has 0 radical (unpaired) electrons. The summed E-state index contributed by atoms with van der Waals surface area (Å²) in [4.78, 5) is 25.4. The van der Waals surface area contributed by atoms with Crippen LogP contribution in [0.25, 0.3) is 0 Å². The number of amides is 1. The zero-order valence-electron chi connectivity index (χ0n) is 12.7. The first kappa shape index (κ1) is 17.0. The molecule has 1 rings (SSSR count). The maximum absolute atomic E-state index is 12.1. The summed E-state index contributed by atoms with van der Waals surface area (Å²) in [7, 11) is 0. The van der Waals surface area contributed by atoms with Gasteiger partial charge in [0, 0.05) is 19.5 Å². The Balaban J connectivity index is 2.42. The molecule has 1 atom stereocenters. The van der Waals surface area contributed by atoms with Crippen LogP contribution < -0.4 is 5.73 Å². The Morgan fingerprint density at radius 3 is 2.40 bits per heavy atom. The Labute approximate surface area is 121 Å². The summed E-state index contributed by atoms with van der Waals surface area (Å²) >= 11 is 0. The average molecular weight is 284 g/mol. The molecular weight excluding hydrogens is 256 g/mol. The number of carbonyl (C=O) groups is 2. The van der Waals surface area contributed by atoms with Crippen molar-refractivity contribution in [2.75, 3.05) is 19.6 Å². The van der Waals surface area contributed by atoms with Gasteiger partial charge in [-0.3, -0.25) is 9.59 Å². The fourth-order valence-electron chi connectivity index (χ4n) is 2.87. The molecule has 1 amide bonds. The van der Waals surface area contributed by atoms with Gasteiger partial charge in [0.25, 0.3) is 0 Å². The van der Waals surface area contributed by atoms with Crippen LogP contribution in [0.5, 0.6) is 0 Å². The van der Waals surface area contributed by atoms with Gasteiger partial charge in [-0.25, -0.2) is 0 Å². The Hall–Kier alpha value is -1.10. The molecule has 0 aromatic heterocycles. The molecular formula is C15H28N2O3. The molecule has 1 saturated heterocycles. The highest BCUT2D eigenvalue weighted by atomic mass is 16.4. The summed E-state index contributed by atoms with van der Waals surface area (Å²) in [5.41, 5.74) is 4.67. The summed E-state index contributed by atoms with van der Waals surface area (Å²) in [5, 5.41) is 9.46. The molecule has 0 bridgehead atoms. The fourth-order valence-corrected chi connectivity index (χ4v) is 2.87. The Kier molecular flexibility index (Phi) is 6.46. The minimum absolute atomic E-state index is 0.0438. The maximum atomic E-state index is 12.1. The van der Waals surface area contributed by atoms with Crippen molar-refractivity contribution < 1.29 is 14.7 Å². The smallest absolute Gasteiger partial charge is 0.311 e. The van der Waals surface area contributed by atoms with E-state index in [1.165, 1.54) is 0 Å². The lowest BCUT2D eigenvalue weighted by atomic mass is 9.76. The first-order valence-corrected chi connectivity index (χ1v) is 7.65. The first-order chi connectivity index (χ1) is 9.44. The molecule has 20 heavy (non-hydrogen) atoms. The van der Waals surface area contributed by atoms with Gasteiger partial charge in [-0.05, 0) is 31.7 Å². The second-order valence-electron chi connectivity index (χ2n) is 6.13. The van der Waals surface area contributed by atoms with Crippen molar-refractivity contribution in [2.45, 2.75) is 52.4 Å². The van der Waals surface area contributed by atoms with Crippen LogP contribution in [0.2, 0.25) is 0 Å². The van der Waals surface area contributed by atoms with Crippen molar-refractivity contribution in [1.29, 1.82) is 0 Å². The molecule has 1 unspecified atom stereocenters. The van der Waals surface area contributed by atoms with Crippen LogP contribution in [0.3, 0.4) is 0 Å². The van der Waals surface area contributed by atoms with E-state index < -0.39 is 11.4 Å². The second-order valence-corrected chi connectivity index (χ2v) is 6.13. The van der Waals surface area contributed by atoms with Crippen molar-refractivity contribution in [3.05, 3.63) is 0 Å². The van der Waals surface area contributed by atoms with Gasteiger partial charge in [-0.2, -0.15) is 0 Å². The summed E-state index contributed by atoms with van der Waals surface area (Å²) < 4.78 is 0. The number of carboxylic acids is 1. The van der Waals surface area contributed by atoms with Crippen molar-refractivity contribution >= 4 is 11.9 Å². The molecule has 1 heterocycles. The molecule has 3 N–H and O–H groups in total. The normalized spacial score (nSPS) is 22.5. The van der Waals surface area contributed by atoms with Crippen molar-refractivity contribution in [2.24, 2.45) is 17.1 Å². The standard InChI is InChI=1S/C15H28N2O3/c1-12(2)15(14(19)20)8-10-17(11-15)13(18)7-5-3-4-6-9-16/h12H,3-11,16H2,1-2H3,(H,19,20). The van der Waals surface area contributed by atoms with Crippen LogP contribution in [0, 0.1) is 11.3 Å². The van der Waals surface area contributed by atoms with Crippen molar-refractivity contribution in [1.82, 2.24) is 4.90 Å². The molecule has 1 aliphatic heterocycles. The van der Waals surface area contributed by atoms with Gasteiger partial charge in [0.2, 0.25) is 5.91 Å². The molecule has 0 aliphatic carbocycles. The molecule has 0 spiro atoms. The molecule has 0 saturated carbocycles. The lowest BCUT2D eigenvalue weighted by Gasteiger charge is -2.28. The van der Waals surface area contributed by atoms with E-state index in [0.717, 1.165) is 25.7 Å². The van der Waals surface area contributed by atoms with Crippen LogP contribution in [0.4, 0.5) is 0 Å². The highest BCUT2D eigenvalue weighted by Gasteiger charge is 2.48. The summed E-state index contributed by atoms with van der Waals surface area (Å²) in [6, 6.07) is 0. The van der Waals surface area contributed by atoms with E-state index >= 15 is 0 Å². The van der Waals surface area contributed by atoms with Gasteiger partial charge in [-0.1, -0.05) is 26.7 Å². The number of rotatable bonds is 8. The largest absolute Gasteiger partial charge is 0.481 e. The number of likely N-dealkylation sites (tertiary alicyclic amines) is 1. The minimum Gasteiger partial charge on any atom is -0.481 e. The number of hydrogen-bond donors (Lipinski definition) is 2. The number of carboxylic acid groups (broad SMARTS) is 1. The van der Waals surface area contributed by atoms with E-state index in [1.807, 2.05) is 13.8 Å². The Bertz CT molecular complexity index is 344. The van der Waals surface area contributed by atoms with Crippen molar-refractivity contribution in [3.63, 3.8) is 0 Å². The summed E-state index contributed by atoms with van der Waals surface area (Å²) in [6.45, 7) is 5.49. The Morgan fingerprint density at radius 2 is 1.90 bits per heavy atom. The molecule has 5 heteroatoms.